The number of hydrogen-bond donors (Lipinski definition) is 0. The highest BCUT2D eigenvalue weighted by Gasteiger charge is 2.50. The van der Waals surface area contributed by atoms with Crippen LogP contribution in [0.3, 0.4) is 0 Å². The quantitative estimate of drug-likeness (QED) is 0.863. The smallest absolute Gasteiger partial charge is 0.227 e. The van der Waals surface area contributed by atoms with Crippen molar-refractivity contribution in [3.8, 4) is 0 Å². The van der Waals surface area contributed by atoms with E-state index in [9.17, 15) is 4.79 Å². The van der Waals surface area contributed by atoms with Gasteiger partial charge in [-0.2, -0.15) is 0 Å². The second-order valence-electron chi connectivity index (χ2n) is 7.02. The van der Waals surface area contributed by atoms with Gasteiger partial charge in [-0.3, -0.25) is 4.79 Å². The molecule has 1 unspecified atom stereocenters. The van der Waals surface area contributed by atoms with Gasteiger partial charge in [0.05, 0.1) is 12.5 Å². The van der Waals surface area contributed by atoms with Gasteiger partial charge in [0, 0.05) is 36.4 Å². The maximum Gasteiger partial charge on any atom is 0.227 e. The molecule has 0 N–H and O–H groups in total. The standard InChI is InChI=1S/C18H22ClN3O/c1-12-6-5-7-14(19)13(12)10-15(23)22-11-18(2,3)16(22)17-20-8-9-21(17)4/h5-9,16H,10-11H2,1-4H3. The van der Waals surface area contributed by atoms with Crippen LogP contribution in [0.15, 0.2) is 30.6 Å². The van der Waals surface area contributed by atoms with Crippen molar-refractivity contribution in [2.45, 2.75) is 33.2 Å². The number of nitrogens with zero attached hydrogens (tertiary/aromatic N) is 3. The molecule has 122 valence electrons. The molecular formula is C18H22ClN3O. The van der Waals surface area contributed by atoms with Crippen LogP contribution in [0.4, 0.5) is 0 Å². The number of halogens is 1. The molecule has 1 aliphatic rings. The van der Waals surface area contributed by atoms with Gasteiger partial charge in [0.25, 0.3) is 0 Å². The van der Waals surface area contributed by atoms with Crippen LogP contribution in [0, 0.1) is 12.3 Å². The molecule has 1 saturated heterocycles. The number of rotatable bonds is 3. The van der Waals surface area contributed by atoms with Gasteiger partial charge in [-0.25, -0.2) is 4.98 Å². The number of imidazole rings is 1. The van der Waals surface area contributed by atoms with Crippen molar-refractivity contribution in [3.63, 3.8) is 0 Å². The molecule has 0 aliphatic carbocycles. The predicted octanol–water partition coefficient (Wildman–Crippen LogP) is 3.53. The van der Waals surface area contributed by atoms with Gasteiger partial charge in [-0.1, -0.05) is 37.6 Å². The van der Waals surface area contributed by atoms with E-state index in [0.29, 0.717) is 11.4 Å². The fourth-order valence-corrected chi connectivity index (χ4v) is 3.72. The molecule has 1 atom stereocenters. The summed E-state index contributed by atoms with van der Waals surface area (Å²) in [4.78, 5) is 19.2. The minimum Gasteiger partial charge on any atom is -0.336 e. The monoisotopic (exact) mass is 331 g/mol. The average molecular weight is 332 g/mol. The maximum atomic E-state index is 12.8. The zero-order chi connectivity index (χ0) is 16.8. The first kappa shape index (κ1) is 16.1. The van der Waals surface area contributed by atoms with Crippen LogP contribution in [0.1, 0.15) is 36.8 Å². The Morgan fingerprint density at radius 3 is 2.74 bits per heavy atom. The highest BCUT2D eigenvalue weighted by Crippen LogP contribution is 2.47. The van der Waals surface area contributed by atoms with Crippen LogP contribution in [0.25, 0.3) is 0 Å². The van der Waals surface area contributed by atoms with Crippen LogP contribution < -0.4 is 0 Å². The van der Waals surface area contributed by atoms with Crippen LogP contribution >= 0.6 is 11.6 Å². The molecule has 1 amide bonds. The fraction of sp³-hybridized carbons (Fsp3) is 0.444. The lowest BCUT2D eigenvalue weighted by Gasteiger charge is -2.53. The number of aromatic nitrogens is 2. The normalized spacial score (nSPS) is 19.5. The summed E-state index contributed by atoms with van der Waals surface area (Å²) < 4.78 is 1.99. The molecule has 1 aromatic heterocycles. The average Bonchev–Trinajstić information content (AvgIpc) is 2.86. The molecule has 0 saturated carbocycles. The molecule has 1 aromatic carbocycles. The SMILES string of the molecule is Cc1cccc(Cl)c1CC(=O)N1CC(C)(C)C1c1nccn1C. The second-order valence-corrected chi connectivity index (χ2v) is 7.43. The molecule has 2 heterocycles. The maximum absolute atomic E-state index is 12.8. The summed E-state index contributed by atoms with van der Waals surface area (Å²) in [6.45, 7) is 7.09. The van der Waals surface area contributed by atoms with Gasteiger partial charge in [-0.15, -0.1) is 0 Å². The van der Waals surface area contributed by atoms with E-state index < -0.39 is 0 Å². The number of likely N-dealkylation sites (tertiary alicyclic amines) is 1. The number of carbonyl (C=O) groups is 1. The third-order valence-corrected chi connectivity index (χ3v) is 5.09. The van der Waals surface area contributed by atoms with Crippen molar-refractivity contribution < 1.29 is 4.79 Å². The Morgan fingerprint density at radius 1 is 1.43 bits per heavy atom. The van der Waals surface area contributed by atoms with Crippen molar-refractivity contribution in [1.29, 1.82) is 0 Å². The Bertz CT molecular complexity index is 730. The van der Waals surface area contributed by atoms with E-state index in [0.717, 1.165) is 23.5 Å². The van der Waals surface area contributed by atoms with E-state index in [-0.39, 0.29) is 17.4 Å². The number of benzene rings is 1. The lowest BCUT2D eigenvalue weighted by molar-refractivity contribution is -0.152. The zero-order valence-corrected chi connectivity index (χ0v) is 14.8. The minimum atomic E-state index is 0.0118. The van der Waals surface area contributed by atoms with Gasteiger partial charge in [0.1, 0.15) is 5.82 Å². The van der Waals surface area contributed by atoms with Gasteiger partial charge in [0.2, 0.25) is 5.91 Å². The number of aryl methyl sites for hydroxylation is 2. The number of amides is 1. The first-order chi connectivity index (χ1) is 10.8. The summed E-state index contributed by atoms with van der Waals surface area (Å²) in [5, 5.41) is 0.659. The highest BCUT2D eigenvalue weighted by molar-refractivity contribution is 6.31. The molecule has 0 spiro atoms. The summed E-state index contributed by atoms with van der Waals surface area (Å²) in [7, 11) is 1.97. The molecule has 0 radical (unpaired) electrons. The molecular weight excluding hydrogens is 310 g/mol. The lowest BCUT2D eigenvalue weighted by Crippen LogP contribution is -2.59. The molecule has 23 heavy (non-hydrogen) atoms. The van der Waals surface area contributed by atoms with E-state index in [2.05, 4.69) is 18.8 Å². The Labute approximate surface area is 142 Å². The Morgan fingerprint density at radius 2 is 2.17 bits per heavy atom. The summed E-state index contributed by atoms with van der Waals surface area (Å²) >= 11 is 6.27. The highest BCUT2D eigenvalue weighted by atomic mass is 35.5. The topological polar surface area (TPSA) is 38.1 Å². The van der Waals surface area contributed by atoms with E-state index in [1.54, 1.807) is 6.20 Å². The molecule has 2 aromatic rings. The van der Waals surface area contributed by atoms with Crippen LogP contribution in [0.5, 0.6) is 0 Å². The molecule has 0 bridgehead atoms. The Balaban J connectivity index is 1.84. The first-order valence-electron chi connectivity index (χ1n) is 7.82. The third-order valence-electron chi connectivity index (χ3n) is 4.73. The minimum absolute atomic E-state index is 0.0118. The van der Waals surface area contributed by atoms with Crippen molar-refractivity contribution >= 4 is 17.5 Å². The Kier molecular flexibility index (Phi) is 3.96. The molecule has 3 rings (SSSR count). The van der Waals surface area contributed by atoms with Crippen LogP contribution in [0.2, 0.25) is 5.02 Å². The molecule has 1 aliphatic heterocycles. The van der Waals surface area contributed by atoms with Crippen LogP contribution in [-0.2, 0) is 18.3 Å². The number of hydrogen-bond acceptors (Lipinski definition) is 2. The zero-order valence-electron chi connectivity index (χ0n) is 14.0. The van der Waals surface area contributed by atoms with Gasteiger partial charge >= 0.3 is 0 Å². The van der Waals surface area contributed by atoms with Crippen molar-refractivity contribution in [2.24, 2.45) is 12.5 Å². The van der Waals surface area contributed by atoms with E-state index in [1.165, 1.54) is 0 Å². The van der Waals surface area contributed by atoms with Gasteiger partial charge in [-0.05, 0) is 24.1 Å². The molecule has 5 heteroatoms. The predicted molar refractivity (Wildman–Crippen MR) is 91.3 cm³/mol. The lowest BCUT2D eigenvalue weighted by atomic mass is 9.74. The van der Waals surface area contributed by atoms with E-state index >= 15 is 0 Å². The van der Waals surface area contributed by atoms with E-state index in [1.807, 2.05) is 47.8 Å². The summed E-state index contributed by atoms with van der Waals surface area (Å²) in [6, 6.07) is 5.76. The van der Waals surface area contributed by atoms with Gasteiger partial charge < -0.3 is 9.47 Å². The van der Waals surface area contributed by atoms with E-state index in [4.69, 9.17) is 11.6 Å². The summed E-state index contributed by atoms with van der Waals surface area (Å²) in [5.74, 6) is 1.04. The second kappa shape index (κ2) is 5.68. The largest absolute Gasteiger partial charge is 0.336 e. The Hall–Kier alpha value is -1.81. The molecule has 1 fully saturated rings. The van der Waals surface area contributed by atoms with Crippen molar-refractivity contribution in [3.05, 3.63) is 52.6 Å². The van der Waals surface area contributed by atoms with Crippen LogP contribution in [-0.4, -0.2) is 26.9 Å². The summed E-state index contributed by atoms with van der Waals surface area (Å²) in [6.07, 6.45) is 4.04. The summed E-state index contributed by atoms with van der Waals surface area (Å²) in [5.41, 5.74) is 2.01. The van der Waals surface area contributed by atoms with Gasteiger partial charge in [0.15, 0.2) is 0 Å². The van der Waals surface area contributed by atoms with Crippen molar-refractivity contribution in [1.82, 2.24) is 14.5 Å². The first-order valence-corrected chi connectivity index (χ1v) is 8.20. The van der Waals surface area contributed by atoms with Crippen molar-refractivity contribution in [2.75, 3.05) is 6.54 Å². The third kappa shape index (κ3) is 2.76. The fourth-order valence-electron chi connectivity index (χ4n) is 3.43. The number of carbonyl (C=O) groups excluding carboxylic acids is 1. The molecule has 4 nitrogen and oxygen atoms in total.